The standard InChI is InChI=1S/C12H26N2O2/c1-7-8-9(13)12(5,6)14-10(15)16-11(2,3)4/h9H,7-8,13H2,1-6H3,(H,14,15). The van der Waals surface area contributed by atoms with Crippen molar-refractivity contribution >= 4 is 6.09 Å². The molecule has 0 bridgehead atoms. The predicted octanol–water partition coefficient (Wildman–Crippen LogP) is 2.42. The summed E-state index contributed by atoms with van der Waals surface area (Å²) < 4.78 is 5.20. The number of carbonyl (C=O) groups is 1. The van der Waals surface area contributed by atoms with E-state index in [0.717, 1.165) is 12.8 Å². The lowest BCUT2D eigenvalue weighted by Crippen LogP contribution is -2.56. The van der Waals surface area contributed by atoms with Crippen LogP contribution >= 0.6 is 0 Å². The van der Waals surface area contributed by atoms with Crippen LogP contribution in [0.4, 0.5) is 4.79 Å². The van der Waals surface area contributed by atoms with Crippen LogP contribution in [0.25, 0.3) is 0 Å². The van der Waals surface area contributed by atoms with Crippen LogP contribution in [-0.4, -0.2) is 23.3 Å². The van der Waals surface area contributed by atoms with Crippen molar-refractivity contribution < 1.29 is 9.53 Å². The van der Waals surface area contributed by atoms with E-state index in [1.54, 1.807) is 0 Å². The Morgan fingerprint density at radius 2 is 1.81 bits per heavy atom. The third-order valence-electron chi connectivity index (χ3n) is 2.35. The third-order valence-corrected chi connectivity index (χ3v) is 2.35. The van der Waals surface area contributed by atoms with E-state index in [0.29, 0.717) is 0 Å². The van der Waals surface area contributed by atoms with Crippen LogP contribution in [0.15, 0.2) is 0 Å². The van der Waals surface area contributed by atoms with Crippen molar-refractivity contribution in [3.63, 3.8) is 0 Å². The Balaban J connectivity index is 4.30. The molecule has 0 saturated heterocycles. The molecule has 96 valence electrons. The number of ether oxygens (including phenoxy) is 1. The van der Waals surface area contributed by atoms with E-state index in [9.17, 15) is 4.79 Å². The van der Waals surface area contributed by atoms with Gasteiger partial charge in [0, 0.05) is 6.04 Å². The first kappa shape index (κ1) is 15.2. The topological polar surface area (TPSA) is 64.3 Å². The van der Waals surface area contributed by atoms with Crippen molar-refractivity contribution in [3.8, 4) is 0 Å². The Labute approximate surface area is 98.9 Å². The lowest BCUT2D eigenvalue weighted by molar-refractivity contribution is 0.0456. The average molecular weight is 230 g/mol. The molecule has 4 heteroatoms. The van der Waals surface area contributed by atoms with Crippen LogP contribution in [-0.2, 0) is 4.74 Å². The fourth-order valence-electron chi connectivity index (χ4n) is 1.33. The van der Waals surface area contributed by atoms with Gasteiger partial charge in [0.05, 0.1) is 5.54 Å². The number of nitrogens with one attached hydrogen (secondary N) is 1. The number of amides is 1. The molecular formula is C12H26N2O2. The van der Waals surface area contributed by atoms with Gasteiger partial charge in [-0.15, -0.1) is 0 Å². The Bertz CT molecular complexity index is 232. The van der Waals surface area contributed by atoms with Gasteiger partial charge in [-0.3, -0.25) is 0 Å². The summed E-state index contributed by atoms with van der Waals surface area (Å²) in [6.45, 7) is 11.4. The molecule has 1 unspecified atom stereocenters. The minimum absolute atomic E-state index is 0.0648. The first-order valence-electron chi connectivity index (χ1n) is 5.85. The molecule has 0 spiro atoms. The summed E-state index contributed by atoms with van der Waals surface area (Å²) in [7, 11) is 0. The van der Waals surface area contributed by atoms with Gasteiger partial charge in [-0.05, 0) is 41.0 Å². The number of rotatable bonds is 4. The quantitative estimate of drug-likeness (QED) is 0.779. The zero-order valence-corrected chi connectivity index (χ0v) is 11.4. The zero-order chi connectivity index (χ0) is 13.0. The van der Waals surface area contributed by atoms with Crippen LogP contribution in [0.1, 0.15) is 54.4 Å². The third kappa shape index (κ3) is 5.95. The molecule has 0 aliphatic carbocycles. The number of hydrogen-bond acceptors (Lipinski definition) is 3. The van der Waals surface area contributed by atoms with Crippen LogP contribution in [0, 0.1) is 0 Å². The van der Waals surface area contributed by atoms with Gasteiger partial charge in [0.25, 0.3) is 0 Å². The Morgan fingerprint density at radius 1 is 1.31 bits per heavy atom. The summed E-state index contributed by atoms with van der Waals surface area (Å²) >= 11 is 0. The van der Waals surface area contributed by atoms with Crippen molar-refractivity contribution in [2.75, 3.05) is 0 Å². The maximum atomic E-state index is 11.6. The molecule has 0 aromatic rings. The van der Waals surface area contributed by atoms with E-state index in [2.05, 4.69) is 12.2 Å². The molecule has 0 aromatic heterocycles. The van der Waals surface area contributed by atoms with E-state index in [1.807, 2.05) is 34.6 Å². The van der Waals surface area contributed by atoms with Crippen LogP contribution in [0.3, 0.4) is 0 Å². The van der Waals surface area contributed by atoms with Crippen molar-refractivity contribution in [3.05, 3.63) is 0 Å². The fourth-order valence-corrected chi connectivity index (χ4v) is 1.33. The van der Waals surface area contributed by atoms with Crippen molar-refractivity contribution in [2.45, 2.75) is 71.6 Å². The molecule has 0 rings (SSSR count). The van der Waals surface area contributed by atoms with Crippen molar-refractivity contribution in [1.29, 1.82) is 0 Å². The summed E-state index contributed by atoms with van der Waals surface area (Å²) in [5.41, 5.74) is 5.08. The molecule has 16 heavy (non-hydrogen) atoms. The molecule has 3 N–H and O–H groups in total. The molecule has 0 aliphatic rings. The maximum absolute atomic E-state index is 11.6. The predicted molar refractivity (Wildman–Crippen MR) is 66.3 cm³/mol. The van der Waals surface area contributed by atoms with Crippen molar-refractivity contribution in [2.24, 2.45) is 5.73 Å². The summed E-state index contributed by atoms with van der Waals surface area (Å²) in [6, 6.07) is -0.0648. The number of carbonyl (C=O) groups excluding carboxylic acids is 1. The van der Waals surface area contributed by atoms with Gasteiger partial charge in [0.15, 0.2) is 0 Å². The number of nitrogens with two attached hydrogens (primary N) is 1. The van der Waals surface area contributed by atoms with E-state index in [-0.39, 0.29) is 6.04 Å². The Morgan fingerprint density at radius 3 is 2.19 bits per heavy atom. The Kier molecular flexibility index (Phi) is 5.26. The van der Waals surface area contributed by atoms with Gasteiger partial charge in [-0.25, -0.2) is 4.79 Å². The van der Waals surface area contributed by atoms with Gasteiger partial charge in [0.2, 0.25) is 0 Å². The first-order chi connectivity index (χ1) is 7.08. The SMILES string of the molecule is CCCC(N)C(C)(C)NC(=O)OC(C)(C)C. The number of alkyl carbamates (subject to hydrolysis) is 1. The van der Waals surface area contributed by atoms with Gasteiger partial charge in [-0.2, -0.15) is 0 Å². The molecule has 0 fully saturated rings. The largest absolute Gasteiger partial charge is 0.444 e. The lowest BCUT2D eigenvalue weighted by atomic mass is 9.92. The molecule has 4 nitrogen and oxygen atoms in total. The summed E-state index contributed by atoms with van der Waals surface area (Å²) in [6.07, 6.45) is 1.47. The highest BCUT2D eigenvalue weighted by Crippen LogP contribution is 2.14. The molecule has 0 aliphatic heterocycles. The molecule has 1 atom stereocenters. The normalized spacial score (nSPS) is 14.4. The average Bonchev–Trinajstić information content (AvgIpc) is 1.99. The minimum atomic E-state index is -0.477. The minimum Gasteiger partial charge on any atom is -0.444 e. The number of hydrogen-bond donors (Lipinski definition) is 2. The second-order valence-electron chi connectivity index (χ2n) is 5.74. The summed E-state index contributed by atoms with van der Waals surface area (Å²) in [5.74, 6) is 0. The highest BCUT2D eigenvalue weighted by atomic mass is 16.6. The van der Waals surface area contributed by atoms with Crippen LogP contribution in [0.5, 0.6) is 0 Å². The smallest absolute Gasteiger partial charge is 0.408 e. The summed E-state index contributed by atoms with van der Waals surface area (Å²) in [4.78, 5) is 11.6. The van der Waals surface area contributed by atoms with Gasteiger partial charge >= 0.3 is 6.09 Å². The van der Waals surface area contributed by atoms with Crippen LogP contribution < -0.4 is 11.1 Å². The van der Waals surface area contributed by atoms with Gasteiger partial charge < -0.3 is 15.8 Å². The first-order valence-corrected chi connectivity index (χ1v) is 5.85. The highest BCUT2D eigenvalue weighted by Gasteiger charge is 2.29. The van der Waals surface area contributed by atoms with Gasteiger partial charge in [0.1, 0.15) is 5.60 Å². The fraction of sp³-hybridized carbons (Fsp3) is 0.917. The van der Waals surface area contributed by atoms with Gasteiger partial charge in [-0.1, -0.05) is 13.3 Å². The summed E-state index contributed by atoms with van der Waals surface area (Å²) in [5, 5.41) is 2.81. The van der Waals surface area contributed by atoms with E-state index >= 15 is 0 Å². The second kappa shape index (κ2) is 5.53. The van der Waals surface area contributed by atoms with Crippen molar-refractivity contribution in [1.82, 2.24) is 5.32 Å². The second-order valence-corrected chi connectivity index (χ2v) is 5.74. The Hall–Kier alpha value is -0.770. The molecular weight excluding hydrogens is 204 g/mol. The molecule has 1 amide bonds. The zero-order valence-electron chi connectivity index (χ0n) is 11.4. The monoisotopic (exact) mass is 230 g/mol. The molecule has 0 aromatic carbocycles. The lowest BCUT2D eigenvalue weighted by Gasteiger charge is -2.33. The van der Waals surface area contributed by atoms with Crippen LogP contribution in [0.2, 0.25) is 0 Å². The van der Waals surface area contributed by atoms with E-state index in [1.165, 1.54) is 0 Å². The van der Waals surface area contributed by atoms with E-state index in [4.69, 9.17) is 10.5 Å². The maximum Gasteiger partial charge on any atom is 0.408 e. The highest BCUT2D eigenvalue weighted by molar-refractivity contribution is 5.68. The molecule has 0 heterocycles. The van der Waals surface area contributed by atoms with E-state index < -0.39 is 17.2 Å². The molecule has 0 radical (unpaired) electrons. The molecule has 0 saturated carbocycles.